The molecule has 8 heteroatoms. The van der Waals surface area contributed by atoms with Crippen molar-refractivity contribution in [1.82, 2.24) is 0 Å². The SMILES string of the molecule is CS(=O)(=O)N(CC(=O)Nc1ccc(OC2CCCC2)cc1)c1ccc(OCc2ccccc2)cc1. The second-order valence-electron chi connectivity index (χ2n) is 8.63. The Bertz CT molecular complexity index is 1210. The van der Waals surface area contributed by atoms with E-state index >= 15 is 0 Å². The van der Waals surface area contributed by atoms with Crippen molar-refractivity contribution >= 4 is 27.3 Å². The third kappa shape index (κ3) is 7.23. The lowest BCUT2D eigenvalue weighted by Crippen LogP contribution is -2.37. The first-order chi connectivity index (χ1) is 16.9. The molecule has 0 aromatic heterocycles. The summed E-state index contributed by atoms with van der Waals surface area (Å²) in [4.78, 5) is 12.7. The summed E-state index contributed by atoms with van der Waals surface area (Å²) in [7, 11) is -3.68. The summed E-state index contributed by atoms with van der Waals surface area (Å²) in [5.41, 5.74) is 1.99. The largest absolute Gasteiger partial charge is 0.490 e. The second kappa shape index (κ2) is 11.3. The minimum atomic E-state index is -3.68. The maximum Gasteiger partial charge on any atom is 0.245 e. The zero-order valence-electron chi connectivity index (χ0n) is 19.7. The topological polar surface area (TPSA) is 84.9 Å². The quantitative estimate of drug-likeness (QED) is 0.429. The summed E-state index contributed by atoms with van der Waals surface area (Å²) < 4.78 is 37.6. The number of carbonyl (C=O) groups is 1. The number of hydrogen-bond donors (Lipinski definition) is 1. The fourth-order valence-corrected chi connectivity index (χ4v) is 4.85. The number of amides is 1. The minimum absolute atomic E-state index is 0.258. The third-order valence-corrected chi connectivity index (χ3v) is 6.94. The van der Waals surface area contributed by atoms with E-state index in [2.05, 4.69) is 5.32 Å². The van der Waals surface area contributed by atoms with Crippen LogP contribution in [0.25, 0.3) is 0 Å². The molecule has 1 aliphatic rings. The molecule has 0 saturated heterocycles. The fraction of sp³-hybridized carbons (Fsp3) is 0.296. The molecule has 0 unspecified atom stereocenters. The van der Waals surface area contributed by atoms with Crippen LogP contribution in [0.5, 0.6) is 11.5 Å². The van der Waals surface area contributed by atoms with Gasteiger partial charge in [-0.1, -0.05) is 30.3 Å². The van der Waals surface area contributed by atoms with Crippen molar-refractivity contribution in [3.05, 3.63) is 84.4 Å². The lowest BCUT2D eigenvalue weighted by Gasteiger charge is -2.22. The highest BCUT2D eigenvalue weighted by molar-refractivity contribution is 7.92. The molecule has 0 radical (unpaired) electrons. The van der Waals surface area contributed by atoms with Gasteiger partial charge in [-0.05, 0) is 79.8 Å². The van der Waals surface area contributed by atoms with Crippen LogP contribution in [0.1, 0.15) is 31.2 Å². The predicted octanol–water partition coefficient (Wildman–Crippen LogP) is 4.99. The normalized spacial score (nSPS) is 13.9. The number of ether oxygens (including phenoxy) is 2. The van der Waals surface area contributed by atoms with Crippen LogP contribution >= 0.6 is 0 Å². The van der Waals surface area contributed by atoms with Gasteiger partial charge < -0.3 is 14.8 Å². The van der Waals surface area contributed by atoms with Gasteiger partial charge in [-0.15, -0.1) is 0 Å². The summed E-state index contributed by atoms with van der Waals surface area (Å²) in [6.45, 7) is 0.0618. The van der Waals surface area contributed by atoms with Gasteiger partial charge in [0.05, 0.1) is 18.0 Å². The summed E-state index contributed by atoms with van der Waals surface area (Å²) in [5.74, 6) is 0.932. The van der Waals surface area contributed by atoms with Crippen molar-refractivity contribution in [2.75, 3.05) is 22.4 Å². The molecule has 3 aromatic rings. The van der Waals surface area contributed by atoms with Gasteiger partial charge in [-0.2, -0.15) is 0 Å². The van der Waals surface area contributed by atoms with Crippen molar-refractivity contribution in [1.29, 1.82) is 0 Å². The van der Waals surface area contributed by atoms with Crippen LogP contribution < -0.4 is 19.1 Å². The Kier molecular flexibility index (Phi) is 7.92. The first-order valence-electron chi connectivity index (χ1n) is 11.7. The lowest BCUT2D eigenvalue weighted by molar-refractivity contribution is -0.114. The molecule has 0 atom stereocenters. The molecule has 1 amide bonds. The van der Waals surface area contributed by atoms with Gasteiger partial charge >= 0.3 is 0 Å². The zero-order chi connectivity index (χ0) is 24.7. The number of nitrogens with one attached hydrogen (secondary N) is 1. The van der Waals surface area contributed by atoms with Gasteiger partial charge in [0.25, 0.3) is 0 Å². The molecule has 0 aliphatic heterocycles. The van der Waals surface area contributed by atoms with Crippen molar-refractivity contribution in [3.63, 3.8) is 0 Å². The Morgan fingerprint density at radius 3 is 2.17 bits per heavy atom. The Morgan fingerprint density at radius 1 is 0.914 bits per heavy atom. The summed E-state index contributed by atoms with van der Waals surface area (Å²) in [6, 6.07) is 23.5. The van der Waals surface area contributed by atoms with E-state index in [1.54, 1.807) is 36.4 Å². The van der Waals surface area contributed by atoms with Crippen LogP contribution in [-0.2, 0) is 21.4 Å². The molecule has 1 aliphatic carbocycles. The molecule has 3 aromatic carbocycles. The highest BCUT2D eigenvalue weighted by Gasteiger charge is 2.21. The van der Waals surface area contributed by atoms with E-state index < -0.39 is 15.9 Å². The molecule has 1 fully saturated rings. The van der Waals surface area contributed by atoms with Crippen molar-refractivity contribution in [2.24, 2.45) is 0 Å². The molecule has 0 heterocycles. The van der Waals surface area contributed by atoms with E-state index in [1.807, 2.05) is 42.5 Å². The predicted molar refractivity (Wildman–Crippen MR) is 137 cm³/mol. The smallest absolute Gasteiger partial charge is 0.245 e. The van der Waals surface area contributed by atoms with Crippen LogP contribution in [0.4, 0.5) is 11.4 Å². The van der Waals surface area contributed by atoms with Crippen molar-refractivity contribution < 1.29 is 22.7 Å². The van der Waals surface area contributed by atoms with E-state index in [0.29, 0.717) is 23.7 Å². The molecule has 35 heavy (non-hydrogen) atoms. The summed E-state index contributed by atoms with van der Waals surface area (Å²) in [5, 5.41) is 2.76. The highest BCUT2D eigenvalue weighted by atomic mass is 32.2. The van der Waals surface area contributed by atoms with Crippen LogP contribution in [0, 0.1) is 0 Å². The van der Waals surface area contributed by atoms with Crippen molar-refractivity contribution in [3.8, 4) is 11.5 Å². The first-order valence-corrected chi connectivity index (χ1v) is 13.5. The van der Waals surface area contributed by atoms with Gasteiger partial charge in [0.2, 0.25) is 15.9 Å². The van der Waals surface area contributed by atoms with E-state index in [0.717, 1.165) is 34.7 Å². The van der Waals surface area contributed by atoms with Crippen molar-refractivity contribution in [2.45, 2.75) is 38.4 Å². The lowest BCUT2D eigenvalue weighted by atomic mass is 10.2. The zero-order valence-corrected chi connectivity index (χ0v) is 20.5. The highest BCUT2D eigenvalue weighted by Crippen LogP contribution is 2.26. The summed E-state index contributed by atoms with van der Waals surface area (Å²) in [6.07, 6.45) is 5.86. The molecule has 184 valence electrons. The van der Waals surface area contributed by atoms with Crippen LogP contribution in [0.2, 0.25) is 0 Å². The van der Waals surface area contributed by atoms with Gasteiger partial charge in [-0.25, -0.2) is 8.42 Å². The van der Waals surface area contributed by atoms with Crippen LogP contribution in [-0.4, -0.2) is 33.2 Å². The van der Waals surface area contributed by atoms with Gasteiger partial charge in [-0.3, -0.25) is 9.10 Å². The fourth-order valence-electron chi connectivity index (χ4n) is 4.00. The van der Waals surface area contributed by atoms with E-state index in [4.69, 9.17) is 9.47 Å². The molecule has 0 bridgehead atoms. The monoisotopic (exact) mass is 494 g/mol. The average Bonchev–Trinajstić information content (AvgIpc) is 3.36. The molecular weight excluding hydrogens is 464 g/mol. The molecule has 4 rings (SSSR count). The minimum Gasteiger partial charge on any atom is -0.490 e. The average molecular weight is 495 g/mol. The van der Waals surface area contributed by atoms with E-state index in [1.165, 1.54) is 12.8 Å². The summed E-state index contributed by atoms with van der Waals surface area (Å²) >= 11 is 0. The first kappa shape index (κ1) is 24.6. The Balaban J connectivity index is 1.35. The molecule has 1 N–H and O–H groups in total. The molecule has 1 saturated carbocycles. The number of anilines is 2. The second-order valence-corrected chi connectivity index (χ2v) is 10.5. The molecular formula is C27H30N2O5S. The number of sulfonamides is 1. The maximum absolute atomic E-state index is 12.7. The molecule has 0 spiro atoms. The van der Waals surface area contributed by atoms with Gasteiger partial charge in [0, 0.05) is 5.69 Å². The Labute approximate surface area is 206 Å². The number of rotatable bonds is 10. The van der Waals surface area contributed by atoms with Crippen LogP contribution in [0.15, 0.2) is 78.9 Å². The van der Waals surface area contributed by atoms with Crippen LogP contribution in [0.3, 0.4) is 0 Å². The van der Waals surface area contributed by atoms with Gasteiger partial charge in [0.1, 0.15) is 24.7 Å². The number of carbonyl (C=O) groups excluding carboxylic acids is 1. The Hall–Kier alpha value is -3.52. The number of benzene rings is 3. The third-order valence-electron chi connectivity index (χ3n) is 5.80. The maximum atomic E-state index is 12.7. The van der Waals surface area contributed by atoms with E-state index in [9.17, 15) is 13.2 Å². The molecule has 7 nitrogen and oxygen atoms in total. The number of nitrogens with zero attached hydrogens (tertiary/aromatic N) is 1. The Morgan fingerprint density at radius 2 is 1.54 bits per heavy atom. The van der Waals surface area contributed by atoms with Gasteiger partial charge in [0.15, 0.2) is 0 Å². The number of hydrogen-bond acceptors (Lipinski definition) is 5. The standard InChI is InChI=1S/C27H30N2O5S/c1-35(31,32)29(23-13-17-24(18-14-23)33-20-21-7-3-2-4-8-21)19-27(30)28-22-11-15-26(16-12-22)34-25-9-5-6-10-25/h2-4,7-8,11-18,25H,5-6,9-10,19-20H2,1H3,(H,28,30). The van der Waals surface area contributed by atoms with E-state index in [-0.39, 0.29) is 12.6 Å².